The van der Waals surface area contributed by atoms with Crippen LogP contribution in [0.1, 0.15) is 22.9 Å². The number of hydrogen-bond acceptors (Lipinski definition) is 3. The van der Waals surface area contributed by atoms with Crippen LogP contribution in [0.2, 0.25) is 0 Å². The van der Waals surface area contributed by atoms with E-state index in [1.54, 1.807) is 0 Å². The van der Waals surface area contributed by atoms with Gasteiger partial charge in [0.25, 0.3) is 0 Å². The van der Waals surface area contributed by atoms with Crippen LogP contribution in [0.4, 0.5) is 0 Å². The molecule has 19 heavy (non-hydrogen) atoms. The third kappa shape index (κ3) is 2.22. The van der Waals surface area contributed by atoms with E-state index < -0.39 is 0 Å². The van der Waals surface area contributed by atoms with Gasteiger partial charge in [0.05, 0.1) is 11.4 Å². The molecule has 0 amide bonds. The second-order valence-electron chi connectivity index (χ2n) is 4.70. The first-order valence-corrected chi connectivity index (χ1v) is 6.35. The molecule has 2 aromatic heterocycles. The Morgan fingerprint density at radius 1 is 1.26 bits per heavy atom. The molecule has 4 nitrogen and oxygen atoms in total. The largest absolute Gasteiger partial charge is 0.340 e. The van der Waals surface area contributed by atoms with Crippen molar-refractivity contribution >= 4 is 11.2 Å². The molecule has 96 valence electrons. The quantitative estimate of drug-likeness (QED) is 0.752. The molecule has 2 heterocycles. The Balaban J connectivity index is 2.07. The zero-order valence-corrected chi connectivity index (χ0v) is 10.8. The van der Waals surface area contributed by atoms with E-state index in [1.807, 2.05) is 31.3 Å². The number of nitrogens with two attached hydrogens (primary N) is 1. The van der Waals surface area contributed by atoms with E-state index in [-0.39, 0.29) is 5.92 Å². The summed E-state index contributed by atoms with van der Waals surface area (Å²) in [6.07, 6.45) is 1.83. The van der Waals surface area contributed by atoms with Crippen LogP contribution in [-0.2, 0) is 0 Å². The number of aromatic amines is 1. The smallest absolute Gasteiger partial charge is 0.177 e. The summed E-state index contributed by atoms with van der Waals surface area (Å²) in [6, 6.07) is 12.2. The maximum atomic E-state index is 5.91. The number of nitrogens with one attached hydrogen (secondary N) is 1. The number of hydrogen-bond donors (Lipinski definition) is 2. The van der Waals surface area contributed by atoms with Crippen molar-refractivity contribution < 1.29 is 0 Å². The average molecular weight is 252 g/mol. The normalized spacial score (nSPS) is 12.7. The summed E-state index contributed by atoms with van der Waals surface area (Å²) in [7, 11) is 0. The first-order chi connectivity index (χ1) is 9.28. The van der Waals surface area contributed by atoms with E-state index in [2.05, 4.69) is 33.2 Å². The van der Waals surface area contributed by atoms with Crippen molar-refractivity contribution in [1.82, 2.24) is 15.0 Å². The van der Waals surface area contributed by atoms with Crippen molar-refractivity contribution in [2.75, 3.05) is 6.54 Å². The third-order valence-corrected chi connectivity index (χ3v) is 3.26. The Hall–Kier alpha value is -2.20. The highest BCUT2D eigenvalue weighted by atomic mass is 15.0. The zero-order chi connectivity index (χ0) is 13.2. The van der Waals surface area contributed by atoms with E-state index in [9.17, 15) is 0 Å². The molecule has 0 saturated heterocycles. The van der Waals surface area contributed by atoms with Gasteiger partial charge in [-0.25, -0.2) is 9.97 Å². The molecule has 4 heteroatoms. The van der Waals surface area contributed by atoms with Crippen LogP contribution in [0.15, 0.2) is 42.6 Å². The predicted molar refractivity (Wildman–Crippen MR) is 76.0 cm³/mol. The Labute approximate surface area is 111 Å². The van der Waals surface area contributed by atoms with Crippen molar-refractivity contribution in [3.63, 3.8) is 0 Å². The summed E-state index contributed by atoms with van der Waals surface area (Å²) in [5.74, 6) is 0.956. The Morgan fingerprint density at radius 3 is 2.79 bits per heavy atom. The fraction of sp³-hybridized carbons (Fsp3) is 0.200. The number of imidazole rings is 1. The molecule has 3 N–H and O–H groups in total. The summed E-state index contributed by atoms with van der Waals surface area (Å²) in [5.41, 5.74) is 9.90. The lowest BCUT2D eigenvalue weighted by Gasteiger charge is -2.11. The number of aryl methyl sites for hydroxylation is 1. The molecule has 0 bridgehead atoms. The van der Waals surface area contributed by atoms with Gasteiger partial charge < -0.3 is 10.7 Å². The molecule has 0 saturated carbocycles. The fourth-order valence-corrected chi connectivity index (χ4v) is 2.28. The summed E-state index contributed by atoms with van der Waals surface area (Å²) in [4.78, 5) is 12.2. The highest BCUT2D eigenvalue weighted by Gasteiger charge is 2.16. The van der Waals surface area contributed by atoms with Crippen molar-refractivity contribution in [3.8, 4) is 0 Å². The standard InChI is InChI=1S/C15H16N4/c1-10-7-13-15(17-9-10)19-14(18-13)12(8-16)11-5-3-2-4-6-11/h2-7,9,12H,8,16H2,1H3,(H,17,18,19). The Morgan fingerprint density at radius 2 is 2.05 bits per heavy atom. The third-order valence-electron chi connectivity index (χ3n) is 3.26. The highest BCUT2D eigenvalue weighted by molar-refractivity contribution is 5.71. The Bertz CT molecular complexity index is 688. The van der Waals surface area contributed by atoms with Crippen LogP contribution in [-0.4, -0.2) is 21.5 Å². The number of benzene rings is 1. The first kappa shape index (κ1) is 11.9. The Kier molecular flexibility index (Phi) is 3.01. The monoisotopic (exact) mass is 252 g/mol. The number of fused-ring (bicyclic) bond motifs is 1. The van der Waals surface area contributed by atoms with Gasteiger partial charge in [0.2, 0.25) is 0 Å². The van der Waals surface area contributed by atoms with Crippen LogP contribution in [0.5, 0.6) is 0 Å². The van der Waals surface area contributed by atoms with Gasteiger partial charge in [0, 0.05) is 12.7 Å². The van der Waals surface area contributed by atoms with E-state index in [1.165, 1.54) is 5.56 Å². The summed E-state index contributed by atoms with van der Waals surface area (Å²) >= 11 is 0. The van der Waals surface area contributed by atoms with Gasteiger partial charge in [-0.1, -0.05) is 30.3 Å². The molecular weight excluding hydrogens is 236 g/mol. The molecule has 0 aliphatic heterocycles. The predicted octanol–water partition coefficient (Wildman–Crippen LogP) is 2.36. The number of pyridine rings is 1. The molecular formula is C15H16N4. The number of rotatable bonds is 3. The lowest BCUT2D eigenvalue weighted by atomic mass is 9.99. The minimum absolute atomic E-state index is 0.0794. The number of nitrogens with zero attached hydrogens (tertiary/aromatic N) is 2. The minimum Gasteiger partial charge on any atom is -0.340 e. The molecule has 3 aromatic rings. The summed E-state index contributed by atoms with van der Waals surface area (Å²) in [6.45, 7) is 2.54. The molecule has 0 radical (unpaired) electrons. The van der Waals surface area contributed by atoms with E-state index in [0.29, 0.717) is 6.54 Å². The van der Waals surface area contributed by atoms with Gasteiger partial charge in [-0.2, -0.15) is 0 Å². The maximum Gasteiger partial charge on any atom is 0.177 e. The van der Waals surface area contributed by atoms with E-state index in [4.69, 9.17) is 5.73 Å². The second-order valence-corrected chi connectivity index (χ2v) is 4.70. The van der Waals surface area contributed by atoms with Gasteiger partial charge in [0.1, 0.15) is 5.82 Å². The second kappa shape index (κ2) is 4.82. The molecule has 0 aliphatic carbocycles. The fourth-order valence-electron chi connectivity index (χ4n) is 2.28. The SMILES string of the molecule is Cc1cnc2nc(C(CN)c3ccccc3)[nH]c2c1. The number of aromatic nitrogens is 3. The van der Waals surface area contributed by atoms with Crippen LogP contribution >= 0.6 is 0 Å². The molecule has 3 rings (SSSR count). The maximum absolute atomic E-state index is 5.91. The van der Waals surface area contributed by atoms with Crippen LogP contribution in [0, 0.1) is 6.92 Å². The molecule has 1 unspecified atom stereocenters. The lowest BCUT2D eigenvalue weighted by Crippen LogP contribution is -2.15. The van der Waals surface area contributed by atoms with Gasteiger partial charge in [0.15, 0.2) is 5.65 Å². The van der Waals surface area contributed by atoms with Crippen LogP contribution in [0.3, 0.4) is 0 Å². The van der Waals surface area contributed by atoms with E-state index in [0.717, 1.165) is 22.6 Å². The van der Waals surface area contributed by atoms with Gasteiger partial charge in [-0.3, -0.25) is 0 Å². The first-order valence-electron chi connectivity index (χ1n) is 6.35. The van der Waals surface area contributed by atoms with Crippen molar-refractivity contribution in [2.45, 2.75) is 12.8 Å². The van der Waals surface area contributed by atoms with Crippen LogP contribution in [0.25, 0.3) is 11.2 Å². The van der Waals surface area contributed by atoms with Crippen molar-refractivity contribution in [2.24, 2.45) is 5.73 Å². The van der Waals surface area contributed by atoms with Crippen LogP contribution < -0.4 is 5.73 Å². The topological polar surface area (TPSA) is 67.6 Å². The summed E-state index contributed by atoms with van der Waals surface area (Å²) in [5, 5.41) is 0. The molecule has 0 fully saturated rings. The van der Waals surface area contributed by atoms with Gasteiger partial charge in [-0.15, -0.1) is 0 Å². The zero-order valence-electron chi connectivity index (χ0n) is 10.8. The highest BCUT2D eigenvalue weighted by Crippen LogP contribution is 2.23. The van der Waals surface area contributed by atoms with Crippen molar-refractivity contribution in [3.05, 3.63) is 59.5 Å². The lowest BCUT2D eigenvalue weighted by molar-refractivity contribution is 0.768. The molecule has 0 aliphatic rings. The summed E-state index contributed by atoms with van der Waals surface area (Å²) < 4.78 is 0. The number of H-pyrrole nitrogens is 1. The van der Waals surface area contributed by atoms with Gasteiger partial charge >= 0.3 is 0 Å². The van der Waals surface area contributed by atoms with Crippen molar-refractivity contribution in [1.29, 1.82) is 0 Å². The molecule has 1 atom stereocenters. The van der Waals surface area contributed by atoms with E-state index >= 15 is 0 Å². The minimum atomic E-state index is 0.0794. The average Bonchev–Trinajstić information content (AvgIpc) is 2.83. The molecule has 1 aromatic carbocycles. The van der Waals surface area contributed by atoms with Gasteiger partial charge in [-0.05, 0) is 24.1 Å². The molecule has 0 spiro atoms.